The van der Waals surface area contributed by atoms with Gasteiger partial charge in [0.15, 0.2) is 0 Å². The van der Waals surface area contributed by atoms with Gasteiger partial charge in [-0.05, 0) is 32.2 Å². The van der Waals surface area contributed by atoms with Crippen LogP contribution in [0.2, 0.25) is 0 Å². The maximum atomic E-state index is 11.4. The third kappa shape index (κ3) is 5.11. The van der Waals surface area contributed by atoms with Gasteiger partial charge in [0.1, 0.15) is 5.54 Å². The number of hydrogen-bond donors (Lipinski definition) is 2. The summed E-state index contributed by atoms with van der Waals surface area (Å²) in [5.74, 6) is -0.542. The first-order valence-corrected chi connectivity index (χ1v) is 7.67. The molecule has 4 heteroatoms. The minimum absolute atomic E-state index is 0.236. The molecule has 1 aliphatic rings. The highest BCUT2D eigenvalue weighted by atomic mass is 16.5. The standard InChI is InChI=1S/C15H29NO3/c1-3-4-5-6-7-8-11-19-12-15(16-2,14(17)18)13-9-10-13/h13,16H,3-12H2,1-2H3,(H,17,18). The third-order valence-corrected chi connectivity index (χ3v) is 4.07. The fraction of sp³-hybridized carbons (Fsp3) is 0.933. The molecule has 0 aromatic heterocycles. The molecule has 1 unspecified atom stereocenters. The van der Waals surface area contributed by atoms with Gasteiger partial charge >= 0.3 is 5.97 Å². The number of carbonyl (C=O) groups is 1. The van der Waals surface area contributed by atoms with Crippen molar-refractivity contribution in [3.8, 4) is 0 Å². The number of carboxylic acids is 1. The van der Waals surface area contributed by atoms with Crippen LogP contribution in [0.4, 0.5) is 0 Å². The molecule has 1 atom stereocenters. The molecule has 112 valence electrons. The molecule has 19 heavy (non-hydrogen) atoms. The molecule has 1 fully saturated rings. The largest absolute Gasteiger partial charge is 0.480 e. The molecule has 4 nitrogen and oxygen atoms in total. The summed E-state index contributed by atoms with van der Waals surface area (Å²) in [6, 6.07) is 0. The van der Waals surface area contributed by atoms with Gasteiger partial charge in [-0.2, -0.15) is 0 Å². The smallest absolute Gasteiger partial charge is 0.326 e. The van der Waals surface area contributed by atoms with Crippen LogP contribution >= 0.6 is 0 Å². The number of hydrogen-bond acceptors (Lipinski definition) is 3. The van der Waals surface area contributed by atoms with Gasteiger partial charge in [-0.25, -0.2) is 0 Å². The molecule has 0 spiro atoms. The van der Waals surface area contributed by atoms with Gasteiger partial charge in [0.05, 0.1) is 6.61 Å². The number of likely N-dealkylation sites (N-methyl/N-ethyl adjacent to an activating group) is 1. The summed E-state index contributed by atoms with van der Waals surface area (Å²) < 4.78 is 5.62. The summed E-state index contributed by atoms with van der Waals surface area (Å²) >= 11 is 0. The highest BCUT2D eigenvalue weighted by Gasteiger charge is 2.50. The van der Waals surface area contributed by atoms with E-state index in [1.54, 1.807) is 7.05 Å². The van der Waals surface area contributed by atoms with Crippen molar-refractivity contribution in [3.63, 3.8) is 0 Å². The molecule has 2 N–H and O–H groups in total. The van der Waals surface area contributed by atoms with Crippen LogP contribution in [0, 0.1) is 5.92 Å². The first-order chi connectivity index (χ1) is 9.17. The van der Waals surface area contributed by atoms with E-state index in [2.05, 4.69) is 12.2 Å². The molecule has 0 heterocycles. The number of nitrogens with one attached hydrogen (secondary N) is 1. The quantitative estimate of drug-likeness (QED) is 0.536. The van der Waals surface area contributed by atoms with Crippen LogP contribution in [0.3, 0.4) is 0 Å². The molecular formula is C15H29NO3. The van der Waals surface area contributed by atoms with Crippen LogP contribution in [-0.2, 0) is 9.53 Å². The van der Waals surface area contributed by atoms with E-state index in [4.69, 9.17) is 4.74 Å². The summed E-state index contributed by atoms with van der Waals surface area (Å²) in [5, 5.41) is 12.4. The molecule has 0 radical (unpaired) electrons. The Hall–Kier alpha value is -0.610. The van der Waals surface area contributed by atoms with Gasteiger partial charge in [0, 0.05) is 6.61 Å². The SMILES string of the molecule is CCCCCCCCOCC(NC)(C(=O)O)C1CC1. The Labute approximate surface area is 116 Å². The van der Waals surface area contributed by atoms with Crippen LogP contribution in [-0.4, -0.2) is 36.9 Å². The van der Waals surface area contributed by atoms with Gasteiger partial charge in [0.2, 0.25) is 0 Å². The summed E-state index contributed by atoms with van der Waals surface area (Å²) in [4.78, 5) is 11.4. The van der Waals surface area contributed by atoms with Crippen LogP contribution in [0.15, 0.2) is 0 Å². The van der Waals surface area contributed by atoms with Crippen molar-refractivity contribution < 1.29 is 14.6 Å². The average molecular weight is 271 g/mol. The Balaban J connectivity index is 2.14. The van der Waals surface area contributed by atoms with Crippen molar-refractivity contribution in [1.29, 1.82) is 0 Å². The average Bonchev–Trinajstić information content (AvgIpc) is 3.22. The lowest BCUT2D eigenvalue weighted by molar-refractivity contribution is -0.148. The van der Waals surface area contributed by atoms with Crippen LogP contribution in [0.5, 0.6) is 0 Å². The topological polar surface area (TPSA) is 58.6 Å². The summed E-state index contributed by atoms with van der Waals surface area (Å²) in [5.41, 5.74) is -0.859. The number of carboxylic acid groups (broad SMARTS) is 1. The zero-order valence-corrected chi connectivity index (χ0v) is 12.4. The van der Waals surface area contributed by atoms with Crippen LogP contribution in [0.1, 0.15) is 58.3 Å². The molecular weight excluding hydrogens is 242 g/mol. The Morgan fingerprint density at radius 3 is 2.42 bits per heavy atom. The summed E-state index contributed by atoms with van der Waals surface area (Å²) in [6.45, 7) is 3.18. The van der Waals surface area contributed by atoms with Crippen molar-refractivity contribution in [3.05, 3.63) is 0 Å². The number of aliphatic carboxylic acids is 1. The molecule has 0 aromatic rings. The monoisotopic (exact) mass is 271 g/mol. The van der Waals surface area contributed by atoms with E-state index >= 15 is 0 Å². The lowest BCUT2D eigenvalue weighted by Crippen LogP contribution is -2.56. The van der Waals surface area contributed by atoms with Gasteiger partial charge in [-0.15, -0.1) is 0 Å². The first kappa shape index (κ1) is 16.4. The Morgan fingerprint density at radius 1 is 1.26 bits per heavy atom. The van der Waals surface area contributed by atoms with Crippen molar-refractivity contribution in [2.75, 3.05) is 20.3 Å². The maximum Gasteiger partial charge on any atom is 0.326 e. The number of unbranched alkanes of at least 4 members (excludes halogenated alkanes) is 5. The molecule has 0 aromatic carbocycles. The van der Waals surface area contributed by atoms with E-state index in [1.165, 1.54) is 32.1 Å². The highest BCUT2D eigenvalue weighted by molar-refractivity contribution is 5.80. The van der Waals surface area contributed by atoms with E-state index in [1.807, 2.05) is 0 Å². The fourth-order valence-corrected chi connectivity index (χ4v) is 2.53. The Morgan fingerprint density at radius 2 is 1.89 bits per heavy atom. The second-order valence-electron chi connectivity index (χ2n) is 5.62. The van der Waals surface area contributed by atoms with E-state index in [9.17, 15) is 9.90 Å². The molecule has 0 saturated heterocycles. The predicted molar refractivity (Wildman–Crippen MR) is 76.3 cm³/mol. The first-order valence-electron chi connectivity index (χ1n) is 7.67. The second kappa shape index (κ2) is 8.54. The van der Waals surface area contributed by atoms with E-state index in [0.717, 1.165) is 19.3 Å². The zero-order valence-electron chi connectivity index (χ0n) is 12.4. The van der Waals surface area contributed by atoms with Gasteiger partial charge < -0.3 is 15.2 Å². The molecule has 1 aliphatic carbocycles. The minimum Gasteiger partial charge on any atom is -0.480 e. The van der Waals surface area contributed by atoms with Gasteiger partial charge in [-0.3, -0.25) is 4.79 Å². The minimum atomic E-state index is -0.859. The van der Waals surface area contributed by atoms with Crippen molar-refractivity contribution in [2.24, 2.45) is 5.92 Å². The van der Waals surface area contributed by atoms with Crippen LogP contribution < -0.4 is 5.32 Å². The summed E-state index contributed by atoms with van der Waals surface area (Å²) in [7, 11) is 1.72. The molecule has 1 saturated carbocycles. The van der Waals surface area contributed by atoms with E-state index in [-0.39, 0.29) is 5.92 Å². The lowest BCUT2D eigenvalue weighted by Gasteiger charge is -2.28. The van der Waals surface area contributed by atoms with E-state index in [0.29, 0.717) is 13.2 Å². The summed E-state index contributed by atoms with van der Waals surface area (Å²) in [6.07, 6.45) is 9.34. The van der Waals surface area contributed by atoms with Crippen molar-refractivity contribution in [1.82, 2.24) is 5.32 Å². The number of rotatable bonds is 12. The third-order valence-electron chi connectivity index (χ3n) is 4.07. The van der Waals surface area contributed by atoms with Gasteiger partial charge in [-0.1, -0.05) is 39.0 Å². The molecule has 1 rings (SSSR count). The lowest BCUT2D eigenvalue weighted by atomic mass is 9.94. The molecule has 0 aliphatic heterocycles. The Kier molecular flexibility index (Phi) is 7.39. The molecule has 0 bridgehead atoms. The number of ether oxygens (including phenoxy) is 1. The maximum absolute atomic E-state index is 11.4. The zero-order chi connectivity index (χ0) is 14.1. The van der Waals surface area contributed by atoms with Crippen molar-refractivity contribution >= 4 is 5.97 Å². The normalized spacial score (nSPS) is 18.2. The fourth-order valence-electron chi connectivity index (χ4n) is 2.53. The van der Waals surface area contributed by atoms with Gasteiger partial charge in [0.25, 0.3) is 0 Å². The van der Waals surface area contributed by atoms with Crippen molar-refractivity contribution in [2.45, 2.75) is 63.8 Å². The second-order valence-corrected chi connectivity index (χ2v) is 5.62. The molecule has 0 amide bonds. The highest BCUT2D eigenvalue weighted by Crippen LogP contribution is 2.40. The van der Waals surface area contributed by atoms with E-state index < -0.39 is 11.5 Å². The predicted octanol–water partition coefficient (Wildman–Crippen LogP) is 2.82. The Bertz CT molecular complexity index is 266. The van der Waals surface area contributed by atoms with Crippen LogP contribution in [0.25, 0.3) is 0 Å².